The maximum absolute atomic E-state index is 5.87. The highest BCUT2D eigenvalue weighted by atomic mass is 16.5. The molecule has 0 spiro atoms. The van der Waals surface area contributed by atoms with E-state index in [0.717, 1.165) is 31.6 Å². The Morgan fingerprint density at radius 1 is 1.10 bits per heavy atom. The van der Waals surface area contributed by atoms with Gasteiger partial charge in [0.1, 0.15) is 5.75 Å². The lowest BCUT2D eigenvalue weighted by atomic mass is 9.93. The lowest BCUT2D eigenvalue weighted by Crippen LogP contribution is -2.27. The van der Waals surface area contributed by atoms with Gasteiger partial charge in [0.2, 0.25) is 0 Å². The van der Waals surface area contributed by atoms with E-state index in [1.807, 2.05) is 0 Å². The monoisotopic (exact) mass is 281 g/mol. The van der Waals surface area contributed by atoms with Crippen molar-refractivity contribution in [2.75, 3.05) is 11.9 Å². The summed E-state index contributed by atoms with van der Waals surface area (Å²) in [5.41, 5.74) is 4.04. The highest BCUT2D eigenvalue weighted by Crippen LogP contribution is 2.28. The fourth-order valence-corrected chi connectivity index (χ4v) is 2.94. The largest absolute Gasteiger partial charge is 0.493 e. The Hall–Kier alpha value is -1.96. The molecule has 1 unspecified atom stereocenters. The van der Waals surface area contributed by atoms with Gasteiger partial charge in [-0.05, 0) is 48.9 Å². The zero-order valence-corrected chi connectivity index (χ0v) is 12.6. The summed E-state index contributed by atoms with van der Waals surface area (Å²) in [7, 11) is 0. The molecular weight excluding hydrogens is 258 g/mol. The number of aryl methyl sites for hydroxylation is 1. The van der Waals surface area contributed by atoms with Crippen molar-refractivity contribution < 1.29 is 4.74 Å². The second kappa shape index (κ2) is 6.66. The van der Waals surface area contributed by atoms with Gasteiger partial charge in [-0.15, -0.1) is 0 Å². The summed E-state index contributed by atoms with van der Waals surface area (Å²) in [5, 5.41) is 3.67. The van der Waals surface area contributed by atoms with Crippen molar-refractivity contribution in [3.63, 3.8) is 0 Å². The molecule has 110 valence electrons. The number of rotatable bonds is 5. The minimum absolute atomic E-state index is 0.492. The fourth-order valence-electron chi connectivity index (χ4n) is 2.94. The van der Waals surface area contributed by atoms with Crippen LogP contribution in [-0.2, 0) is 12.8 Å². The Kier molecular flexibility index (Phi) is 4.44. The van der Waals surface area contributed by atoms with E-state index in [9.17, 15) is 0 Å². The Morgan fingerprint density at radius 2 is 1.90 bits per heavy atom. The van der Waals surface area contributed by atoms with Gasteiger partial charge in [0.25, 0.3) is 0 Å². The Balaban J connectivity index is 1.70. The van der Waals surface area contributed by atoms with Crippen molar-refractivity contribution >= 4 is 5.69 Å². The van der Waals surface area contributed by atoms with Gasteiger partial charge in [-0.25, -0.2) is 0 Å². The summed E-state index contributed by atoms with van der Waals surface area (Å²) < 4.78 is 5.87. The van der Waals surface area contributed by atoms with Gasteiger partial charge in [0.05, 0.1) is 6.61 Å². The molecule has 1 aliphatic rings. The van der Waals surface area contributed by atoms with Crippen LogP contribution in [0.1, 0.15) is 30.9 Å². The van der Waals surface area contributed by atoms with Crippen molar-refractivity contribution in [1.82, 2.24) is 0 Å². The topological polar surface area (TPSA) is 21.3 Å². The molecule has 0 aliphatic carbocycles. The predicted molar refractivity (Wildman–Crippen MR) is 88.1 cm³/mol. The van der Waals surface area contributed by atoms with E-state index in [1.165, 1.54) is 23.2 Å². The van der Waals surface area contributed by atoms with Crippen LogP contribution in [0.4, 0.5) is 5.69 Å². The normalized spacial score (nSPS) is 16.9. The van der Waals surface area contributed by atoms with E-state index < -0.39 is 0 Å². The van der Waals surface area contributed by atoms with Gasteiger partial charge in [-0.3, -0.25) is 0 Å². The first-order valence-electron chi connectivity index (χ1n) is 7.92. The molecule has 1 atom stereocenters. The molecule has 2 nitrogen and oxygen atoms in total. The van der Waals surface area contributed by atoms with Crippen LogP contribution in [0, 0.1) is 0 Å². The average Bonchev–Trinajstić information content (AvgIpc) is 2.54. The third kappa shape index (κ3) is 3.38. The number of anilines is 1. The van der Waals surface area contributed by atoms with Gasteiger partial charge < -0.3 is 10.1 Å². The summed E-state index contributed by atoms with van der Waals surface area (Å²) >= 11 is 0. The molecule has 2 aromatic carbocycles. The van der Waals surface area contributed by atoms with Gasteiger partial charge in [0.15, 0.2) is 0 Å². The molecular formula is C19H23NO. The molecule has 0 saturated carbocycles. The Labute approximate surface area is 127 Å². The van der Waals surface area contributed by atoms with Gasteiger partial charge in [0, 0.05) is 11.7 Å². The fraction of sp³-hybridized carbons (Fsp3) is 0.368. The molecule has 0 radical (unpaired) electrons. The summed E-state index contributed by atoms with van der Waals surface area (Å²) in [6.45, 7) is 2.93. The number of hydrogen-bond donors (Lipinski definition) is 1. The second-order valence-electron chi connectivity index (χ2n) is 5.70. The van der Waals surface area contributed by atoms with Crippen LogP contribution in [-0.4, -0.2) is 12.6 Å². The minimum atomic E-state index is 0.492. The highest BCUT2D eigenvalue weighted by Gasteiger charge is 2.18. The third-order valence-electron chi connectivity index (χ3n) is 4.04. The van der Waals surface area contributed by atoms with Crippen molar-refractivity contribution in [3.8, 4) is 5.75 Å². The van der Waals surface area contributed by atoms with Crippen molar-refractivity contribution in [1.29, 1.82) is 0 Å². The molecule has 0 bridgehead atoms. The van der Waals surface area contributed by atoms with Crippen LogP contribution in [0.15, 0.2) is 48.5 Å². The molecule has 1 heterocycles. The summed E-state index contributed by atoms with van der Waals surface area (Å²) in [4.78, 5) is 0. The molecule has 0 aromatic heterocycles. The Bertz CT molecular complexity index is 594. The maximum atomic E-state index is 5.87. The average molecular weight is 281 g/mol. The van der Waals surface area contributed by atoms with Gasteiger partial charge in [-0.2, -0.15) is 0 Å². The first-order valence-corrected chi connectivity index (χ1v) is 7.92. The standard InChI is InChI=1S/C19H23NO/c1-2-13-21-19-10-6-4-8-16(19)14-17-12-11-15-7-3-5-9-18(15)20-17/h3-10,17,20H,2,11-14H2,1H3. The molecule has 0 fully saturated rings. The van der Waals surface area contributed by atoms with E-state index in [-0.39, 0.29) is 0 Å². The molecule has 0 amide bonds. The first-order chi connectivity index (χ1) is 10.4. The molecule has 2 aromatic rings. The Morgan fingerprint density at radius 3 is 2.81 bits per heavy atom. The van der Waals surface area contributed by atoms with E-state index in [1.54, 1.807) is 0 Å². The second-order valence-corrected chi connectivity index (χ2v) is 5.70. The summed E-state index contributed by atoms with van der Waals surface area (Å²) in [5.74, 6) is 1.04. The smallest absolute Gasteiger partial charge is 0.122 e. The van der Waals surface area contributed by atoms with Crippen LogP contribution >= 0.6 is 0 Å². The van der Waals surface area contributed by atoms with Crippen molar-refractivity contribution in [2.24, 2.45) is 0 Å². The summed E-state index contributed by atoms with van der Waals surface area (Å²) in [6.07, 6.45) is 4.41. The minimum Gasteiger partial charge on any atom is -0.493 e. The number of para-hydroxylation sites is 2. The van der Waals surface area contributed by atoms with Crippen LogP contribution in [0.5, 0.6) is 5.75 Å². The van der Waals surface area contributed by atoms with E-state index in [2.05, 4.69) is 60.8 Å². The zero-order valence-electron chi connectivity index (χ0n) is 12.6. The zero-order chi connectivity index (χ0) is 14.5. The molecule has 0 saturated heterocycles. The third-order valence-corrected chi connectivity index (χ3v) is 4.04. The van der Waals surface area contributed by atoms with Crippen LogP contribution in [0.3, 0.4) is 0 Å². The lowest BCUT2D eigenvalue weighted by molar-refractivity contribution is 0.313. The lowest BCUT2D eigenvalue weighted by Gasteiger charge is -2.27. The van der Waals surface area contributed by atoms with E-state index in [4.69, 9.17) is 4.74 Å². The number of benzene rings is 2. The van der Waals surface area contributed by atoms with Crippen molar-refractivity contribution in [2.45, 2.75) is 38.6 Å². The van der Waals surface area contributed by atoms with Crippen LogP contribution < -0.4 is 10.1 Å². The number of nitrogens with one attached hydrogen (secondary N) is 1. The molecule has 3 rings (SSSR count). The van der Waals surface area contributed by atoms with E-state index >= 15 is 0 Å². The van der Waals surface area contributed by atoms with Crippen molar-refractivity contribution in [3.05, 3.63) is 59.7 Å². The highest BCUT2D eigenvalue weighted by molar-refractivity contribution is 5.54. The number of hydrogen-bond acceptors (Lipinski definition) is 2. The van der Waals surface area contributed by atoms with Crippen LogP contribution in [0.25, 0.3) is 0 Å². The predicted octanol–water partition coefficient (Wildman–Crippen LogP) is 4.44. The van der Waals surface area contributed by atoms with Crippen LogP contribution in [0.2, 0.25) is 0 Å². The quantitative estimate of drug-likeness (QED) is 0.874. The first kappa shape index (κ1) is 14.0. The van der Waals surface area contributed by atoms with E-state index in [0.29, 0.717) is 6.04 Å². The van der Waals surface area contributed by atoms with Gasteiger partial charge >= 0.3 is 0 Å². The molecule has 1 N–H and O–H groups in total. The summed E-state index contributed by atoms with van der Waals surface area (Å²) in [6, 6.07) is 17.5. The molecule has 1 aliphatic heterocycles. The number of ether oxygens (including phenoxy) is 1. The van der Waals surface area contributed by atoms with Gasteiger partial charge in [-0.1, -0.05) is 43.3 Å². The number of fused-ring (bicyclic) bond motifs is 1. The molecule has 21 heavy (non-hydrogen) atoms. The maximum Gasteiger partial charge on any atom is 0.122 e. The SMILES string of the molecule is CCCOc1ccccc1CC1CCc2ccccc2N1. The molecule has 2 heteroatoms.